The Morgan fingerprint density at radius 1 is 1.11 bits per heavy atom. The van der Waals surface area contributed by atoms with Crippen molar-refractivity contribution in [1.82, 2.24) is 0 Å². The van der Waals surface area contributed by atoms with Crippen LogP contribution in [0.15, 0.2) is 0 Å². The smallest absolute Gasteiger partial charge is 0.0336 e. The van der Waals surface area contributed by atoms with E-state index >= 15 is 0 Å². The lowest BCUT2D eigenvalue weighted by Gasteiger charge is -2.11. The van der Waals surface area contributed by atoms with Gasteiger partial charge in [0.1, 0.15) is 0 Å². The van der Waals surface area contributed by atoms with Crippen LogP contribution in [0.3, 0.4) is 0 Å². The fourth-order valence-corrected chi connectivity index (χ4v) is 1.52. The summed E-state index contributed by atoms with van der Waals surface area (Å²) in [4.78, 5) is 0. The summed E-state index contributed by atoms with van der Waals surface area (Å²) in [5.41, 5.74) is 0. The van der Waals surface area contributed by atoms with Crippen LogP contribution in [0.5, 0.6) is 0 Å². The summed E-state index contributed by atoms with van der Waals surface area (Å²) in [6.07, 6.45) is 10.0. The van der Waals surface area contributed by atoms with Crippen molar-refractivity contribution in [2.24, 2.45) is 0 Å². The third-order valence-corrected chi connectivity index (χ3v) is 2.30. The second-order valence-electron chi connectivity index (χ2n) is 2.75. The quantitative estimate of drug-likeness (QED) is 0.460. The molecule has 1 rings (SSSR count). The third-order valence-electron chi connectivity index (χ3n) is 1.86. The second kappa shape index (κ2) is 4.16. The molecule has 0 aromatic heterocycles. The van der Waals surface area contributed by atoms with Crippen LogP contribution in [0.1, 0.15) is 38.5 Å². The van der Waals surface area contributed by atoms with E-state index in [0.29, 0.717) is 5.38 Å². The lowest BCUT2D eigenvalue weighted by molar-refractivity contribution is 0.571. The summed E-state index contributed by atoms with van der Waals surface area (Å²) in [5.74, 6) is 0. The van der Waals surface area contributed by atoms with Crippen LogP contribution in [-0.4, -0.2) is 5.38 Å². The van der Waals surface area contributed by atoms with Gasteiger partial charge in [-0.2, -0.15) is 0 Å². The number of halogens is 1. The third kappa shape index (κ3) is 3.10. The number of alkyl halides is 1. The van der Waals surface area contributed by atoms with Crippen molar-refractivity contribution in [2.45, 2.75) is 43.9 Å². The van der Waals surface area contributed by atoms with Gasteiger partial charge >= 0.3 is 0 Å². The molecule has 1 unspecified atom stereocenters. The van der Waals surface area contributed by atoms with E-state index in [-0.39, 0.29) is 0 Å². The zero-order valence-electron chi connectivity index (χ0n) is 5.78. The van der Waals surface area contributed by atoms with Gasteiger partial charge in [-0.25, -0.2) is 0 Å². The maximum Gasteiger partial charge on any atom is 0.0336 e. The van der Waals surface area contributed by atoms with Crippen LogP contribution in [0.2, 0.25) is 0 Å². The Kier molecular flexibility index (Phi) is 3.42. The predicted molar refractivity (Wildman–Crippen MR) is 41.6 cm³/mol. The molecule has 1 atom stereocenters. The van der Waals surface area contributed by atoms with Crippen LogP contribution in [-0.2, 0) is 0 Å². The summed E-state index contributed by atoms with van der Waals surface area (Å²) in [6.45, 7) is 0. The fourth-order valence-electron chi connectivity index (χ4n) is 1.24. The molecule has 0 heterocycles. The molecule has 1 aliphatic carbocycles. The Morgan fingerprint density at radius 2 is 2.00 bits per heavy atom. The van der Waals surface area contributed by atoms with Crippen molar-refractivity contribution in [1.29, 1.82) is 0 Å². The van der Waals surface area contributed by atoms with Gasteiger partial charge in [-0.1, -0.05) is 19.3 Å². The van der Waals surface area contributed by atoms with Crippen LogP contribution in [0.4, 0.5) is 0 Å². The molecule has 0 nitrogen and oxygen atoms in total. The summed E-state index contributed by atoms with van der Waals surface area (Å²) in [5, 5.41) is 0.460. The van der Waals surface area contributed by atoms with Crippen molar-refractivity contribution in [3.63, 3.8) is 0 Å². The SMILES string of the molecule is ClC1CC[CH]CCCC1. The summed E-state index contributed by atoms with van der Waals surface area (Å²) in [6, 6.07) is 0. The zero-order chi connectivity index (χ0) is 6.53. The first-order valence-electron chi connectivity index (χ1n) is 3.85. The molecule has 0 N–H and O–H groups in total. The average molecular weight is 146 g/mol. The Morgan fingerprint density at radius 3 is 2.89 bits per heavy atom. The minimum absolute atomic E-state index is 0.460. The number of rotatable bonds is 0. The van der Waals surface area contributed by atoms with E-state index in [1.165, 1.54) is 38.5 Å². The molecule has 0 spiro atoms. The molecule has 1 radical (unpaired) electrons. The van der Waals surface area contributed by atoms with E-state index in [2.05, 4.69) is 6.42 Å². The van der Waals surface area contributed by atoms with Crippen molar-refractivity contribution in [2.75, 3.05) is 0 Å². The van der Waals surface area contributed by atoms with Gasteiger partial charge in [0, 0.05) is 5.38 Å². The summed E-state index contributed by atoms with van der Waals surface area (Å²) in [7, 11) is 0. The summed E-state index contributed by atoms with van der Waals surface area (Å²) < 4.78 is 0. The van der Waals surface area contributed by atoms with Gasteiger partial charge in [0.05, 0.1) is 0 Å². The number of hydrogen-bond donors (Lipinski definition) is 0. The average Bonchev–Trinajstić information content (AvgIpc) is 1.79. The van der Waals surface area contributed by atoms with Crippen molar-refractivity contribution >= 4 is 11.6 Å². The highest BCUT2D eigenvalue weighted by molar-refractivity contribution is 6.20. The maximum atomic E-state index is 5.97. The standard InChI is InChI=1S/C8H14Cl/c9-8-6-4-2-1-3-5-7-8/h2,8H,1,3-7H2. The minimum atomic E-state index is 0.460. The molecule has 0 bridgehead atoms. The largest absolute Gasteiger partial charge is 0.123 e. The topological polar surface area (TPSA) is 0 Å². The van der Waals surface area contributed by atoms with Gasteiger partial charge in [0.25, 0.3) is 0 Å². The first-order chi connectivity index (χ1) is 4.39. The molecular formula is C8H14Cl. The van der Waals surface area contributed by atoms with E-state index in [4.69, 9.17) is 11.6 Å². The van der Waals surface area contributed by atoms with E-state index < -0.39 is 0 Å². The summed E-state index contributed by atoms with van der Waals surface area (Å²) >= 11 is 5.97. The number of hydrogen-bond acceptors (Lipinski definition) is 0. The second-order valence-corrected chi connectivity index (χ2v) is 3.36. The van der Waals surface area contributed by atoms with Crippen molar-refractivity contribution < 1.29 is 0 Å². The van der Waals surface area contributed by atoms with Crippen LogP contribution in [0, 0.1) is 6.42 Å². The Bertz CT molecular complexity index is 63.0. The molecule has 1 fully saturated rings. The molecule has 0 saturated heterocycles. The normalized spacial score (nSPS) is 25.0. The molecule has 1 heteroatoms. The van der Waals surface area contributed by atoms with Gasteiger partial charge in [-0.15, -0.1) is 11.6 Å². The Labute approximate surface area is 62.6 Å². The van der Waals surface area contributed by atoms with Crippen LogP contribution < -0.4 is 0 Å². The molecule has 53 valence electrons. The van der Waals surface area contributed by atoms with E-state index in [1.54, 1.807) is 0 Å². The monoisotopic (exact) mass is 145 g/mol. The molecule has 0 aliphatic heterocycles. The van der Waals surface area contributed by atoms with E-state index in [1.807, 2.05) is 0 Å². The fraction of sp³-hybridized carbons (Fsp3) is 0.875. The lowest BCUT2D eigenvalue weighted by atomic mass is 10.0. The zero-order valence-corrected chi connectivity index (χ0v) is 6.53. The van der Waals surface area contributed by atoms with Crippen LogP contribution in [0.25, 0.3) is 0 Å². The van der Waals surface area contributed by atoms with Crippen LogP contribution >= 0.6 is 11.6 Å². The van der Waals surface area contributed by atoms with E-state index in [0.717, 1.165) is 0 Å². The molecule has 0 amide bonds. The maximum absolute atomic E-state index is 5.97. The highest BCUT2D eigenvalue weighted by Crippen LogP contribution is 2.19. The van der Waals surface area contributed by atoms with E-state index in [9.17, 15) is 0 Å². The van der Waals surface area contributed by atoms with Crippen molar-refractivity contribution in [3.8, 4) is 0 Å². The molecule has 9 heavy (non-hydrogen) atoms. The van der Waals surface area contributed by atoms with Gasteiger partial charge in [0.2, 0.25) is 0 Å². The molecular weight excluding hydrogens is 132 g/mol. The first kappa shape index (κ1) is 7.40. The van der Waals surface area contributed by atoms with Gasteiger partial charge in [-0.3, -0.25) is 0 Å². The highest BCUT2D eigenvalue weighted by Gasteiger charge is 2.06. The van der Waals surface area contributed by atoms with Gasteiger partial charge in [0.15, 0.2) is 0 Å². The Hall–Kier alpha value is 0.290. The minimum Gasteiger partial charge on any atom is -0.123 e. The van der Waals surface area contributed by atoms with Gasteiger partial charge < -0.3 is 0 Å². The molecule has 1 aliphatic rings. The predicted octanol–water partition coefficient (Wildman–Crippen LogP) is 3.15. The first-order valence-corrected chi connectivity index (χ1v) is 4.29. The van der Waals surface area contributed by atoms with Gasteiger partial charge in [-0.05, 0) is 25.7 Å². The molecule has 0 aromatic carbocycles. The molecule has 0 aromatic rings. The highest BCUT2D eigenvalue weighted by atomic mass is 35.5. The lowest BCUT2D eigenvalue weighted by Crippen LogP contribution is -2.01. The molecule has 1 saturated carbocycles. The van der Waals surface area contributed by atoms with Crippen molar-refractivity contribution in [3.05, 3.63) is 6.42 Å². The Balaban J connectivity index is 2.12.